The fraction of sp³-hybridized carbons (Fsp3) is 0.435. The average molecular weight is 471 g/mol. The van der Waals surface area contributed by atoms with Crippen LogP contribution in [0.1, 0.15) is 39.2 Å². The SMILES string of the molecule is CC(C)(C)OC(=O)N1CCC(Oc2cccc(-c3c(Cl)cc(N)cc3C(F)(F)F)c2)CC1. The molecule has 0 aliphatic carbocycles. The molecule has 1 amide bonds. The van der Waals surface area contributed by atoms with E-state index >= 15 is 0 Å². The Kier molecular flexibility index (Phi) is 6.83. The van der Waals surface area contributed by atoms with E-state index in [1.807, 2.05) is 20.8 Å². The van der Waals surface area contributed by atoms with Crippen LogP contribution in [-0.2, 0) is 10.9 Å². The first-order chi connectivity index (χ1) is 14.8. The Bertz CT molecular complexity index is 981. The molecule has 1 heterocycles. The van der Waals surface area contributed by atoms with Crippen molar-refractivity contribution in [2.45, 2.75) is 51.5 Å². The second-order valence-corrected chi connectivity index (χ2v) is 9.14. The normalized spacial score (nSPS) is 15.5. The summed E-state index contributed by atoms with van der Waals surface area (Å²) in [6.45, 7) is 6.38. The molecule has 9 heteroatoms. The number of amides is 1. The van der Waals surface area contributed by atoms with Crippen LogP contribution in [0.15, 0.2) is 36.4 Å². The molecular formula is C23H26ClF3N2O3. The number of alkyl halides is 3. The molecular weight excluding hydrogens is 445 g/mol. The summed E-state index contributed by atoms with van der Waals surface area (Å²) in [6.07, 6.45) is -3.98. The highest BCUT2D eigenvalue weighted by atomic mass is 35.5. The van der Waals surface area contributed by atoms with Gasteiger partial charge < -0.3 is 20.1 Å². The molecule has 2 aromatic carbocycles. The summed E-state index contributed by atoms with van der Waals surface area (Å²) in [5.41, 5.74) is 4.20. The molecule has 0 saturated carbocycles. The van der Waals surface area contributed by atoms with E-state index in [0.717, 1.165) is 6.07 Å². The van der Waals surface area contributed by atoms with Crippen molar-refractivity contribution in [2.24, 2.45) is 0 Å². The molecule has 0 bridgehead atoms. The fourth-order valence-corrected chi connectivity index (χ4v) is 3.88. The lowest BCUT2D eigenvalue weighted by atomic mass is 9.98. The number of nitrogens with two attached hydrogens (primary N) is 1. The Morgan fingerprint density at radius 3 is 2.38 bits per heavy atom. The van der Waals surface area contributed by atoms with E-state index in [4.69, 9.17) is 26.8 Å². The Morgan fingerprint density at radius 1 is 1.12 bits per heavy atom. The van der Waals surface area contributed by atoms with E-state index < -0.39 is 17.3 Å². The van der Waals surface area contributed by atoms with Gasteiger partial charge in [-0.3, -0.25) is 0 Å². The Hall–Kier alpha value is -2.61. The first-order valence-corrected chi connectivity index (χ1v) is 10.6. The van der Waals surface area contributed by atoms with Crippen molar-refractivity contribution >= 4 is 23.4 Å². The minimum absolute atomic E-state index is 0.0600. The molecule has 0 spiro atoms. The molecule has 174 valence electrons. The average Bonchev–Trinajstić information content (AvgIpc) is 2.66. The number of likely N-dealkylation sites (tertiary alicyclic amines) is 1. The van der Waals surface area contributed by atoms with Gasteiger partial charge in [0.15, 0.2) is 0 Å². The van der Waals surface area contributed by atoms with Gasteiger partial charge in [-0.1, -0.05) is 23.7 Å². The van der Waals surface area contributed by atoms with Gasteiger partial charge in [0.1, 0.15) is 17.5 Å². The van der Waals surface area contributed by atoms with Crippen molar-refractivity contribution < 1.29 is 27.4 Å². The molecule has 2 N–H and O–H groups in total. The number of carbonyl (C=O) groups is 1. The van der Waals surface area contributed by atoms with E-state index in [1.54, 1.807) is 23.1 Å². The standard InChI is InChI=1S/C23H26ClF3N2O3/c1-22(2,3)32-21(30)29-9-7-16(8-10-29)31-17-6-4-5-14(11-17)20-18(23(25,26)27)12-15(28)13-19(20)24/h4-6,11-13,16H,7-10,28H2,1-3H3. The monoisotopic (exact) mass is 470 g/mol. The summed E-state index contributed by atoms with van der Waals surface area (Å²) in [7, 11) is 0. The summed E-state index contributed by atoms with van der Waals surface area (Å²) in [4.78, 5) is 13.8. The lowest BCUT2D eigenvalue weighted by molar-refractivity contribution is -0.137. The Labute approximate surface area is 190 Å². The second kappa shape index (κ2) is 9.10. The zero-order valence-electron chi connectivity index (χ0n) is 18.1. The van der Waals surface area contributed by atoms with Gasteiger partial charge in [0.05, 0.1) is 10.6 Å². The summed E-state index contributed by atoms with van der Waals surface area (Å²) >= 11 is 6.14. The number of nitrogens with zero attached hydrogens (tertiary/aromatic N) is 1. The number of ether oxygens (including phenoxy) is 2. The fourth-order valence-electron chi connectivity index (χ4n) is 3.54. The quantitative estimate of drug-likeness (QED) is 0.528. The van der Waals surface area contributed by atoms with Gasteiger partial charge in [0.25, 0.3) is 0 Å². The van der Waals surface area contributed by atoms with Gasteiger partial charge in [-0.2, -0.15) is 13.2 Å². The number of piperidine rings is 1. The van der Waals surface area contributed by atoms with Gasteiger partial charge in [-0.25, -0.2) is 4.79 Å². The molecule has 0 aromatic heterocycles. The van der Waals surface area contributed by atoms with Crippen molar-refractivity contribution in [3.05, 3.63) is 47.0 Å². The third-order valence-electron chi connectivity index (χ3n) is 4.94. The Morgan fingerprint density at radius 2 is 1.78 bits per heavy atom. The maximum Gasteiger partial charge on any atom is 0.417 e. The van der Waals surface area contributed by atoms with Crippen LogP contribution in [0, 0.1) is 0 Å². The third-order valence-corrected chi connectivity index (χ3v) is 5.24. The number of carbonyl (C=O) groups excluding carboxylic acids is 1. The van der Waals surface area contributed by atoms with E-state index in [2.05, 4.69) is 0 Å². The van der Waals surface area contributed by atoms with Crippen molar-refractivity contribution in [3.63, 3.8) is 0 Å². The van der Waals surface area contributed by atoms with Crippen LogP contribution < -0.4 is 10.5 Å². The van der Waals surface area contributed by atoms with Crippen molar-refractivity contribution in [1.82, 2.24) is 4.90 Å². The van der Waals surface area contributed by atoms with Crippen LogP contribution in [0.2, 0.25) is 5.02 Å². The topological polar surface area (TPSA) is 64.8 Å². The lowest BCUT2D eigenvalue weighted by Crippen LogP contribution is -2.44. The molecule has 3 rings (SSSR count). The summed E-state index contributed by atoms with van der Waals surface area (Å²) in [6, 6.07) is 8.56. The maximum absolute atomic E-state index is 13.6. The summed E-state index contributed by atoms with van der Waals surface area (Å²) < 4.78 is 52.1. The van der Waals surface area contributed by atoms with Gasteiger partial charge >= 0.3 is 12.3 Å². The van der Waals surface area contributed by atoms with Crippen molar-refractivity contribution in [1.29, 1.82) is 0 Å². The lowest BCUT2D eigenvalue weighted by Gasteiger charge is -2.33. The van der Waals surface area contributed by atoms with Crippen LogP contribution >= 0.6 is 11.6 Å². The van der Waals surface area contributed by atoms with Gasteiger partial charge in [-0.05, 0) is 50.6 Å². The number of hydrogen-bond acceptors (Lipinski definition) is 4. The molecule has 5 nitrogen and oxygen atoms in total. The van der Waals surface area contributed by atoms with E-state index in [1.165, 1.54) is 12.1 Å². The number of nitrogen functional groups attached to an aromatic ring is 1. The molecule has 2 aromatic rings. The van der Waals surface area contributed by atoms with Crippen LogP contribution in [0.5, 0.6) is 5.75 Å². The first-order valence-electron chi connectivity index (χ1n) is 10.2. The molecule has 1 aliphatic heterocycles. The zero-order valence-corrected chi connectivity index (χ0v) is 18.9. The predicted octanol–water partition coefficient (Wildman–Crippen LogP) is 6.39. The smallest absolute Gasteiger partial charge is 0.417 e. The molecule has 1 fully saturated rings. The predicted molar refractivity (Wildman–Crippen MR) is 118 cm³/mol. The van der Waals surface area contributed by atoms with Gasteiger partial charge in [0, 0.05) is 37.2 Å². The molecule has 0 atom stereocenters. The zero-order chi connectivity index (χ0) is 23.7. The largest absolute Gasteiger partial charge is 0.490 e. The van der Waals surface area contributed by atoms with Crippen LogP contribution in [0.3, 0.4) is 0 Å². The van der Waals surface area contributed by atoms with Crippen LogP contribution in [0.25, 0.3) is 11.1 Å². The minimum atomic E-state index is -4.61. The number of rotatable bonds is 3. The highest BCUT2D eigenvalue weighted by Crippen LogP contribution is 2.43. The minimum Gasteiger partial charge on any atom is -0.490 e. The van der Waals surface area contributed by atoms with Crippen molar-refractivity contribution in [2.75, 3.05) is 18.8 Å². The molecule has 0 unspecified atom stereocenters. The number of halogens is 4. The second-order valence-electron chi connectivity index (χ2n) is 8.74. The van der Waals surface area contributed by atoms with Crippen LogP contribution in [0.4, 0.5) is 23.7 Å². The van der Waals surface area contributed by atoms with Gasteiger partial charge in [0.2, 0.25) is 0 Å². The molecule has 1 saturated heterocycles. The number of anilines is 1. The van der Waals surface area contributed by atoms with Crippen molar-refractivity contribution in [3.8, 4) is 16.9 Å². The number of benzene rings is 2. The Balaban J connectivity index is 1.73. The summed E-state index contributed by atoms with van der Waals surface area (Å²) in [5, 5.41) is -0.0832. The first kappa shape index (κ1) is 24.0. The van der Waals surface area contributed by atoms with Crippen LogP contribution in [-0.4, -0.2) is 35.8 Å². The summed E-state index contributed by atoms with van der Waals surface area (Å²) in [5.74, 6) is 0.430. The van der Waals surface area contributed by atoms with Gasteiger partial charge in [-0.15, -0.1) is 0 Å². The highest BCUT2D eigenvalue weighted by Gasteiger charge is 2.35. The maximum atomic E-state index is 13.6. The third kappa shape index (κ3) is 6.00. The molecule has 32 heavy (non-hydrogen) atoms. The van der Waals surface area contributed by atoms with E-state index in [-0.39, 0.29) is 34.0 Å². The van der Waals surface area contributed by atoms with E-state index in [0.29, 0.717) is 31.7 Å². The highest BCUT2D eigenvalue weighted by molar-refractivity contribution is 6.33. The number of hydrogen-bond donors (Lipinski definition) is 1. The molecule has 1 aliphatic rings. The molecule has 0 radical (unpaired) electrons. The van der Waals surface area contributed by atoms with E-state index in [9.17, 15) is 18.0 Å².